The summed E-state index contributed by atoms with van der Waals surface area (Å²) in [4.78, 5) is 4.31. The van der Waals surface area contributed by atoms with Gasteiger partial charge in [-0.15, -0.1) is 0 Å². The van der Waals surface area contributed by atoms with E-state index in [0.717, 1.165) is 31.8 Å². The fraction of sp³-hybridized carbons (Fsp3) is 0.400. The second kappa shape index (κ2) is 6.36. The highest BCUT2D eigenvalue weighted by Gasteiger charge is 1.98. The van der Waals surface area contributed by atoms with Gasteiger partial charge in [0.2, 0.25) is 0 Å². The minimum absolute atomic E-state index is 0.925. The second-order valence-electron chi connectivity index (χ2n) is 4.55. The van der Waals surface area contributed by atoms with Crippen LogP contribution < -0.4 is 5.32 Å². The Kier molecular flexibility index (Phi) is 4.53. The molecule has 0 saturated heterocycles. The number of aryl methyl sites for hydroxylation is 2. The molecule has 2 aromatic rings. The molecule has 18 heavy (non-hydrogen) atoms. The van der Waals surface area contributed by atoms with Gasteiger partial charge in [0.15, 0.2) is 0 Å². The molecule has 0 aliphatic rings. The van der Waals surface area contributed by atoms with E-state index >= 15 is 0 Å². The number of nitrogens with one attached hydrogen (secondary N) is 1. The van der Waals surface area contributed by atoms with Gasteiger partial charge in [-0.2, -0.15) is 0 Å². The monoisotopic (exact) mass is 243 g/mol. The molecule has 3 heteroatoms. The maximum absolute atomic E-state index is 4.31. The summed E-state index contributed by atoms with van der Waals surface area (Å²) in [6, 6.07) is 8.81. The van der Waals surface area contributed by atoms with E-state index in [2.05, 4.69) is 46.1 Å². The predicted molar refractivity (Wildman–Crippen MR) is 74.4 cm³/mol. The van der Waals surface area contributed by atoms with Crippen LogP contribution in [0.25, 0.3) is 0 Å². The molecular formula is C15H21N3. The molecule has 0 spiro atoms. The smallest absolute Gasteiger partial charge is 0.109 e. The Morgan fingerprint density at radius 3 is 2.50 bits per heavy atom. The summed E-state index contributed by atoms with van der Waals surface area (Å²) < 4.78 is 2.07. The molecule has 0 saturated carbocycles. The Morgan fingerprint density at radius 2 is 1.89 bits per heavy atom. The molecule has 0 fully saturated rings. The van der Waals surface area contributed by atoms with Crippen LogP contribution in [-0.2, 0) is 26.4 Å². The number of rotatable bonds is 6. The van der Waals surface area contributed by atoms with Crippen LogP contribution in [0.15, 0.2) is 36.7 Å². The third kappa shape index (κ3) is 3.44. The largest absolute Gasteiger partial charge is 0.338 e. The average Bonchev–Trinajstić information content (AvgIpc) is 2.81. The van der Waals surface area contributed by atoms with Crippen LogP contribution in [0.2, 0.25) is 0 Å². The molecule has 0 aliphatic carbocycles. The number of hydrogen-bond donors (Lipinski definition) is 1. The summed E-state index contributed by atoms with van der Waals surface area (Å²) in [5, 5.41) is 3.45. The molecule has 3 nitrogen and oxygen atoms in total. The maximum Gasteiger partial charge on any atom is 0.109 e. The average molecular weight is 243 g/mol. The maximum atomic E-state index is 4.31. The summed E-state index contributed by atoms with van der Waals surface area (Å²) in [5.74, 6) is 1.13. The standard InChI is InChI=1S/C15H21N3/c1-3-13-4-6-14(7-5-13)12-16-9-8-15-17-10-11-18(15)2/h4-7,10-11,16H,3,8-9,12H2,1-2H3. The Bertz CT molecular complexity index is 471. The van der Waals surface area contributed by atoms with Crippen molar-refractivity contribution in [1.29, 1.82) is 0 Å². The quantitative estimate of drug-likeness (QED) is 0.789. The molecule has 0 amide bonds. The van der Waals surface area contributed by atoms with Gasteiger partial charge in [0.1, 0.15) is 5.82 Å². The Balaban J connectivity index is 1.73. The van der Waals surface area contributed by atoms with Crippen molar-refractivity contribution in [2.24, 2.45) is 7.05 Å². The van der Waals surface area contributed by atoms with Crippen molar-refractivity contribution in [2.75, 3.05) is 6.54 Å². The van der Waals surface area contributed by atoms with Crippen LogP contribution in [-0.4, -0.2) is 16.1 Å². The molecule has 0 atom stereocenters. The van der Waals surface area contributed by atoms with E-state index in [4.69, 9.17) is 0 Å². The highest BCUT2D eigenvalue weighted by atomic mass is 15.0. The van der Waals surface area contributed by atoms with Gasteiger partial charge in [0, 0.05) is 39.0 Å². The van der Waals surface area contributed by atoms with E-state index in [0.29, 0.717) is 0 Å². The first-order chi connectivity index (χ1) is 8.79. The van der Waals surface area contributed by atoms with Gasteiger partial charge >= 0.3 is 0 Å². The van der Waals surface area contributed by atoms with E-state index in [-0.39, 0.29) is 0 Å². The first kappa shape index (κ1) is 12.8. The third-order valence-corrected chi connectivity index (χ3v) is 3.21. The SMILES string of the molecule is CCc1ccc(CNCCc2nccn2C)cc1. The van der Waals surface area contributed by atoms with Gasteiger partial charge in [-0.25, -0.2) is 4.98 Å². The molecule has 96 valence electrons. The lowest BCUT2D eigenvalue weighted by molar-refractivity contribution is 0.655. The Labute approximate surface area is 109 Å². The van der Waals surface area contributed by atoms with Crippen molar-refractivity contribution < 1.29 is 0 Å². The number of benzene rings is 1. The highest BCUT2D eigenvalue weighted by Crippen LogP contribution is 2.04. The van der Waals surface area contributed by atoms with Gasteiger partial charge in [-0.3, -0.25) is 0 Å². The van der Waals surface area contributed by atoms with Crippen LogP contribution in [0.1, 0.15) is 23.9 Å². The van der Waals surface area contributed by atoms with Crippen molar-refractivity contribution in [3.05, 3.63) is 53.6 Å². The first-order valence-corrected chi connectivity index (χ1v) is 6.54. The Morgan fingerprint density at radius 1 is 1.17 bits per heavy atom. The van der Waals surface area contributed by atoms with E-state index in [9.17, 15) is 0 Å². The molecule has 0 radical (unpaired) electrons. The minimum atomic E-state index is 0.925. The van der Waals surface area contributed by atoms with Gasteiger partial charge in [-0.1, -0.05) is 31.2 Å². The normalized spacial score (nSPS) is 10.8. The molecule has 0 unspecified atom stereocenters. The van der Waals surface area contributed by atoms with Crippen molar-refractivity contribution in [2.45, 2.75) is 26.3 Å². The van der Waals surface area contributed by atoms with Crippen molar-refractivity contribution >= 4 is 0 Å². The van der Waals surface area contributed by atoms with E-state index in [1.165, 1.54) is 11.1 Å². The third-order valence-electron chi connectivity index (χ3n) is 3.21. The fourth-order valence-corrected chi connectivity index (χ4v) is 1.96. The molecule has 1 aromatic heterocycles. The molecule has 2 rings (SSSR count). The highest BCUT2D eigenvalue weighted by molar-refractivity contribution is 5.22. The second-order valence-corrected chi connectivity index (χ2v) is 4.55. The molecule has 1 N–H and O–H groups in total. The van der Waals surface area contributed by atoms with Gasteiger partial charge in [0.05, 0.1) is 0 Å². The van der Waals surface area contributed by atoms with Gasteiger partial charge < -0.3 is 9.88 Å². The van der Waals surface area contributed by atoms with Crippen molar-refractivity contribution in [3.63, 3.8) is 0 Å². The lowest BCUT2D eigenvalue weighted by Crippen LogP contribution is -2.18. The van der Waals surface area contributed by atoms with Crippen LogP contribution in [0.5, 0.6) is 0 Å². The predicted octanol–water partition coefficient (Wildman–Crippen LogP) is 2.31. The first-order valence-electron chi connectivity index (χ1n) is 6.54. The number of imidazole rings is 1. The van der Waals surface area contributed by atoms with Gasteiger partial charge in [-0.05, 0) is 17.5 Å². The summed E-state index contributed by atoms with van der Waals surface area (Å²) in [6.07, 6.45) is 5.90. The lowest BCUT2D eigenvalue weighted by Gasteiger charge is -2.06. The zero-order valence-electron chi connectivity index (χ0n) is 11.2. The summed E-state index contributed by atoms with van der Waals surface area (Å²) in [6.45, 7) is 4.06. The van der Waals surface area contributed by atoms with Crippen LogP contribution >= 0.6 is 0 Å². The molecule has 1 aromatic carbocycles. The molecule has 1 heterocycles. The fourth-order valence-electron chi connectivity index (χ4n) is 1.96. The summed E-state index contributed by atoms with van der Waals surface area (Å²) >= 11 is 0. The number of aromatic nitrogens is 2. The zero-order valence-corrected chi connectivity index (χ0v) is 11.2. The Hall–Kier alpha value is -1.61. The number of nitrogens with zero attached hydrogens (tertiary/aromatic N) is 2. The van der Waals surface area contributed by atoms with E-state index in [1.54, 1.807) is 0 Å². The van der Waals surface area contributed by atoms with Crippen molar-refractivity contribution in [1.82, 2.24) is 14.9 Å². The topological polar surface area (TPSA) is 29.9 Å². The van der Waals surface area contributed by atoms with Crippen LogP contribution in [0.4, 0.5) is 0 Å². The lowest BCUT2D eigenvalue weighted by atomic mass is 10.1. The van der Waals surface area contributed by atoms with Crippen LogP contribution in [0.3, 0.4) is 0 Å². The summed E-state index contributed by atoms with van der Waals surface area (Å²) in [7, 11) is 2.03. The number of hydrogen-bond acceptors (Lipinski definition) is 2. The molecule has 0 bridgehead atoms. The van der Waals surface area contributed by atoms with Crippen molar-refractivity contribution in [3.8, 4) is 0 Å². The van der Waals surface area contributed by atoms with E-state index < -0.39 is 0 Å². The zero-order chi connectivity index (χ0) is 12.8. The molecule has 0 aliphatic heterocycles. The minimum Gasteiger partial charge on any atom is -0.338 e. The molecular weight excluding hydrogens is 222 g/mol. The summed E-state index contributed by atoms with van der Waals surface area (Å²) in [5.41, 5.74) is 2.74. The van der Waals surface area contributed by atoms with Crippen LogP contribution in [0, 0.1) is 0 Å². The van der Waals surface area contributed by atoms with E-state index in [1.807, 2.05) is 19.4 Å². The van der Waals surface area contributed by atoms with Gasteiger partial charge in [0.25, 0.3) is 0 Å².